The highest BCUT2D eigenvalue weighted by Gasteiger charge is 2.16. The van der Waals surface area contributed by atoms with E-state index in [0.29, 0.717) is 13.0 Å². The van der Waals surface area contributed by atoms with Gasteiger partial charge in [-0.05, 0) is 6.92 Å². The fourth-order valence-corrected chi connectivity index (χ4v) is 1.15. The quantitative estimate of drug-likeness (QED) is 0.490. The van der Waals surface area contributed by atoms with Gasteiger partial charge in [0.25, 0.3) is 0 Å². The molecule has 1 aliphatic heterocycles. The van der Waals surface area contributed by atoms with Crippen molar-refractivity contribution in [2.45, 2.75) is 32.5 Å². The lowest BCUT2D eigenvalue weighted by atomic mass is 10.1. The Bertz CT molecular complexity index is 251. The third kappa shape index (κ3) is 4.49. The summed E-state index contributed by atoms with van der Waals surface area (Å²) in [5, 5.41) is 0. The van der Waals surface area contributed by atoms with Crippen molar-refractivity contribution in [3.05, 3.63) is 12.5 Å². The van der Waals surface area contributed by atoms with Gasteiger partial charge in [-0.15, -0.1) is 0 Å². The number of ketones is 1. The highest BCUT2D eigenvalue weighted by molar-refractivity contribution is 5.95. The maximum absolute atomic E-state index is 11.3. The van der Waals surface area contributed by atoms with Gasteiger partial charge in [0.15, 0.2) is 0 Å². The number of Topliss-reactive ketones (excluding diaryl/α,β-unsaturated/α-hetero) is 1. The topological polar surface area (TPSA) is 61.8 Å². The van der Waals surface area contributed by atoms with E-state index >= 15 is 0 Å². The SMILES string of the molecule is CCOC(=O)CC(=O)CCC1OC=CO1. The van der Waals surface area contributed by atoms with E-state index in [4.69, 9.17) is 9.47 Å². The molecule has 0 amide bonds. The summed E-state index contributed by atoms with van der Waals surface area (Å²) in [6, 6.07) is 0. The second kappa shape index (κ2) is 6.06. The Kier molecular flexibility index (Phi) is 4.66. The van der Waals surface area contributed by atoms with Gasteiger partial charge in [-0.3, -0.25) is 9.59 Å². The molecule has 0 bridgehead atoms. The van der Waals surface area contributed by atoms with Crippen molar-refractivity contribution in [3.63, 3.8) is 0 Å². The first-order valence-electron chi connectivity index (χ1n) is 4.85. The Morgan fingerprint density at radius 2 is 2.00 bits per heavy atom. The Hall–Kier alpha value is -1.52. The van der Waals surface area contributed by atoms with Gasteiger partial charge in [-0.25, -0.2) is 0 Å². The summed E-state index contributed by atoms with van der Waals surface area (Å²) in [6.07, 6.45) is 3.00. The molecule has 0 radical (unpaired) electrons. The molecular formula is C10H14O5. The molecule has 0 fully saturated rings. The second-order valence-corrected chi connectivity index (χ2v) is 3.03. The first kappa shape index (κ1) is 11.6. The van der Waals surface area contributed by atoms with Crippen LogP contribution < -0.4 is 0 Å². The second-order valence-electron chi connectivity index (χ2n) is 3.03. The molecule has 1 aliphatic rings. The van der Waals surface area contributed by atoms with Crippen LogP contribution in [-0.4, -0.2) is 24.6 Å². The zero-order chi connectivity index (χ0) is 11.1. The minimum atomic E-state index is -0.478. The molecule has 15 heavy (non-hydrogen) atoms. The van der Waals surface area contributed by atoms with Gasteiger partial charge < -0.3 is 14.2 Å². The molecule has 0 N–H and O–H groups in total. The average molecular weight is 214 g/mol. The van der Waals surface area contributed by atoms with Crippen molar-refractivity contribution in [2.75, 3.05) is 6.61 Å². The van der Waals surface area contributed by atoms with Crippen LogP contribution in [0, 0.1) is 0 Å². The van der Waals surface area contributed by atoms with Crippen molar-refractivity contribution < 1.29 is 23.8 Å². The highest BCUT2D eigenvalue weighted by atomic mass is 16.7. The Morgan fingerprint density at radius 3 is 2.60 bits per heavy atom. The molecule has 5 nitrogen and oxygen atoms in total. The van der Waals surface area contributed by atoms with Gasteiger partial charge >= 0.3 is 5.97 Å². The predicted molar refractivity (Wildman–Crippen MR) is 50.6 cm³/mol. The lowest BCUT2D eigenvalue weighted by Crippen LogP contribution is -2.14. The Balaban J connectivity index is 2.10. The maximum Gasteiger partial charge on any atom is 0.313 e. The third-order valence-electron chi connectivity index (χ3n) is 1.82. The number of hydrogen-bond donors (Lipinski definition) is 0. The molecule has 0 aromatic heterocycles. The summed E-state index contributed by atoms with van der Waals surface area (Å²) in [7, 11) is 0. The standard InChI is InChI=1S/C10H14O5/c1-2-13-9(12)7-8(11)3-4-10-14-5-6-15-10/h5-6,10H,2-4,7H2,1H3. The van der Waals surface area contributed by atoms with Crippen LogP contribution in [0.5, 0.6) is 0 Å². The molecule has 0 unspecified atom stereocenters. The predicted octanol–water partition coefficient (Wildman–Crippen LogP) is 1.13. The highest BCUT2D eigenvalue weighted by Crippen LogP contribution is 2.12. The van der Waals surface area contributed by atoms with Crippen molar-refractivity contribution in [2.24, 2.45) is 0 Å². The number of ether oxygens (including phenoxy) is 3. The molecular weight excluding hydrogens is 200 g/mol. The third-order valence-corrected chi connectivity index (χ3v) is 1.82. The number of esters is 1. The van der Waals surface area contributed by atoms with E-state index in [0.717, 1.165) is 0 Å². The van der Waals surface area contributed by atoms with Gasteiger partial charge in [0.1, 0.15) is 24.7 Å². The van der Waals surface area contributed by atoms with Gasteiger partial charge in [-0.1, -0.05) is 0 Å². The van der Waals surface area contributed by atoms with E-state index in [9.17, 15) is 9.59 Å². The summed E-state index contributed by atoms with van der Waals surface area (Å²) in [5.41, 5.74) is 0. The summed E-state index contributed by atoms with van der Waals surface area (Å²) in [6.45, 7) is 2.00. The molecule has 0 saturated carbocycles. The van der Waals surface area contributed by atoms with Crippen LogP contribution in [0.15, 0.2) is 12.5 Å². The fraction of sp³-hybridized carbons (Fsp3) is 0.600. The molecule has 0 atom stereocenters. The Labute approximate surface area is 88.0 Å². The van der Waals surface area contributed by atoms with Crippen LogP contribution in [0.4, 0.5) is 0 Å². The van der Waals surface area contributed by atoms with Crippen LogP contribution in [0.2, 0.25) is 0 Å². The van der Waals surface area contributed by atoms with Gasteiger partial charge in [0.2, 0.25) is 6.29 Å². The zero-order valence-electron chi connectivity index (χ0n) is 8.60. The smallest absolute Gasteiger partial charge is 0.313 e. The normalized spacial score (nSPS) is 14.5. The molecule has 1 rings (SSSR count). The molecule has 0 saturated heterocycles. The largest absolute Gasteiger partial charge is 0.466 e. The van der Waals surface area contributed by atoms with Crippen LogP contribution in [0.3, 0.4) is 0 Å². The van der Waals surface area contributed by atoms with Crippen LogP contribution >= 0.6 is 0 Å². The number of rotatable bonds is 6. The first-order chi connectivity index (χ1) is 7.22. The summed E-state index contributed by atoms with van der Waals surface area (Å²) in [4.78, 5) is 22.2. The van der Waals surface area contributed by atoms with Crippen molar-refractivity contribution >= 4 is 11.8 Å². The molecule has 0 aromatic carbocycles. The average Bonchev–Trinajstić information content (AvgIpc) is 2.67. The van der Waals surface area contributed by atoms with Crippen molar-refractivity contribution in [1.82, 2.24) is 0 Å². The van der Waals surface area contributed by atoms with E-state index in [1.165, 1.54) is 12.5 Å². The molecule has 0 spiro atoms. The fourth-order valence-electron chi connectivity index (χ4n) is 1.15. The van der Waals surface area contributed by atoms with E-state index < -0.39 is 12.3 Å². The van der Waals surface area contributed by atoms with E-state index in [-0.39, 0.29) is 18.6 Å². The summed E-state index contributed by atoms with van der Waals surface area (Å²) >= 11 is 0. The van der Waals surface area contributed by atoms with Crippen LogP contribution in [0.1, 0.15) is 26.2 Å². The lowest BCUT2D eigenvalue weighted by Gasteiger charge is -2.08. The Morgan fingerprint density at radius 1 is 1.33 bits per heavy atom. The number of carbonyl (C=O) groups excluding carboxylic acids is 2. The van der Waals surface area contributed by atoms with Crippen molar-refractivity contribution in [3.8, 4) is 0 Å². The monoisotopic (exact) mass is 214 g/mol. The summed E-state index contributed by atoms with van der Waals surface area (Å²) in [5.74, 6) is -0.638. The van der Waals surface area contributed by atoms with E-state index in [1.807, 2.05) is 0 Å². The van der Waals surface area contributed by atoms with Gasteiger partial charge in [0.05, 0.1) is 6.61 Å². The number of carbonyl (C=O) groups is 2. The van der Waals surface area contributed by atoms with Gasteiger partial charge in [-0.2, -0.15) is 0 Å². The molecule has 0 aromatic rings. The molecule has 84 valence electrons. The zero-order valence-corrected chi connectivity index (χ0v) is 8.60. The number of hydrogen-bond acceptors (Lipinski definition) is 5. The van der Waals surface area contributed by atoms with Crippen LogP contribution in [0.25, 0.3) is 0 Å². The minimum Gasteiger partial charge on any atom is -0.466 e. The van der Waals surface area contributed by atoms with Crippen molar-refractivity contribution in [1.29, 1.82) is 0 Å². The van der Waals surface area contributed by atoms with Gasteiger partial charge in [0, 0.05) is 12.8 Å². The van der Waals surface area contributed by atoms with Crippen LogP contribution in [-0.2, 0) is 23.8 Å². The summed E-state index contributed by atoms with van der Waals surface area (Å²) < 4.78 is 14.6. The van der Waals surface area contributed by atoms with E-state index in [2.05, 4.69) is 4.74 Å². The molecule has 5 heteroatoms. The molecule has 1 heterocycles. The first-order valence-corrected chi connectivity index (χ1v) is 4.85. The molecule has 0 aliphatic carbocycles. The minimum absolute atomic E-state index is 0.160. The van der Waals surface area contributed by atoms with E-state index in [1.54, 1.807) is 6.92 Å². The lowest BCUT2D eigenvalue weighted by molar-refractivity contribution is -0.145. The maximum atomic E-state index is 11.3.